The second-order valence-electron chi connectivity index (χ2n) is 8.13. The number of unbranched alkanes of at least 4 members (excludes halogenated alkanes) is 2. The second-order valence-corrected chi connectivity index (χ2v) is 8.13. The highest BCUT2D eigenvalue weighted by Gasteiger charge is 2.45. The van der Waals surface area contributed by atoms with Gasteiger partial charge in [-0.15, -0.1) is 0 Å². The standard InChI is InChI=1S/C22H28N4O5/c27-18-8-7-16(20(28)24-18)26-21(29)15-5-4-6-17(19(15)22(26)30)31-14-3-1-2-11-25-12-9-23-10-13-25/h4-6,16,23H,1-3,7-14H2,(H,24,27,28). The Balaban J connectivity index is 1.33. The van der Waals surface area contributed by atoms with Crippen LogP contribution in [0.15, 0.2) is 18.2 Å². The molecule has 3 aliphatic rings. The Morgan fingerprint density at radius 2 is 1.81 bits per heavy atom. The first-order valence-electron chi connectivity index (χ1n) is 11.0. The fraction of sp³-hybridized carbons (Fsp3) is 0.545. The number of nitrogens with zero attached hydrogens (tertiary/aromatic N) is 2. The van der Waals surface area contributed by atoms with Crippen LogP contribution in [0.25, 0.3) is 0 Å². The molecule has 0 radical (unpaired) electrons. The molecule has 3 heterocycles. The Labute approximate surface area is 181 Å². The molecule has 1 unspecified atom stereocenters. The highest BCUT2D eigenvalue weighted by molar-refractivity contribution is 6.24. The van der Waals surface area contributed by atoms with Crippen LogP contribution in [0.4, 0.5) is 0 Å². The summed E-state index contributed by atoms with van der Waals surface area (Å²) >= 11 is 0. The highest BCUT2D eigenvalue weighted by atomic mass is 16.5. The largest absolute Gasteiger partial charge is 0.493 e. The van der Waals surface area contributed by atoms with E-state index < -0.39 is 23.8 Å². The van der Waals surface area contributed by atoms with Gasteiger partial charge in [-0.1, -0.05) is 6.07 Å². The molecule has 4 rings (SSSR count). The number of piperidine rings is 1. The third kappa shape index (κ3) is 4.62. The van der Waals surface area contributed by atoms with E-state index in [4.69, 9.17) is 4.74 Å². The number of ether oxygens (including phenoxy) is 1. The van der Waals surface area contributed by atoms with Gasteiger partial charge in [-0.05, 0) is 44.4 Å². The van der Waals surface area contributed by atoms with Crippen LogP contribution in [-0.2, 0) is 9.59 Å². The molecule has 31 heavy (non-hydrogen) atoms. The Morgan fingerprint density at radius 3 is 2.58 bits per heavy atom. The SMILES string of the molecule is O=C1CCC(N2C(=O)c3cccc(OCCCCCN4CCNCC4)c3C2=O)C(=O)N1. The molecule has 2 N–H and O–H groups in total. The van der Waals surface area contributed by atoms with E-state index in [2.05, 4.69) is 15.5 Å². The molecule has 0 aliphatic carbocycles. The van der Waals surface area contributed by atoms with Crippen LogP contribution in [-0.4, -0.2) is 78.8 Å². The lowest BCUT2D eigenvalue weighted by atomic mass is 10.0. The van der Waals surface area contributed by atoms with Crippen LogP contribution in [0.2, 0.25) is 0 Å². The van der Waals surface area contributed by atoms with Gasteiger partial charge in [-0.3, -0.25) is 29.4 Å². The summed E-state index contributed by atoms with van der Waals surface area (Å²) < 4.78 is 5.86. The first-order chi connectivity index (χ1) is 15.1. The minimum Gasteiger partial charge on any atom is -0.493 e. The number of nitrogens with one attached hydrogen (secondary N) is 2. The molecule has 0 aromatic heterocycles. The number of hydrogen-bond donors (Lipinski definition) is 2. The van der Waals surface area contributed by atoms with Gasteiger partial charge in [0.05, 0.1) is 17.7 Å². The molecule has 2 saturated heterocycles. The number of carbonyl (C=O) groups is 4. The Bertz CT molecular complexity index is 881. The molecule has 166 valence electrons. The molecular weight excluding hydrogens is 400 g/mol. The third-order valence-corrected chi connectivity index (χ3v) is 6.02. The number of piperazine rings is 1. The van der Waals surface area contributed by atoms with Crippen LogP contribution in [0, 0.1) is 0 Å². The topological polar surface area (TPSA) is 108 Å². The average molecular weight is 428 g/mol. The monoisotopic (exact) mass is 428 g/mol. The van der Waals surface area contributed by atoms with Crippen LogP contribution in [0.1, 0.15) is 52.8 Å². The molecule has 1 aromatic rings. The molecular formula is C22H28N4O5. The van der Waals surface area contributed by atoms with Gasteiger partial charge in [-0.25, -0.2) is 0 Å². The zero-order valence-corrected chi connectivity index (χ0v) is 17.5. The summed E-state index contributed by atoms with van der Waals surface area (Å²) in [5, 5.41) is 5.55. The van der Waals surface area contributed by atoms with Gasteiger partial charge in [0, 0.05) is 32.6 Å². The van der Waals surface area contributed by atoms with E-state index in [1.807, 2.05) is 0 Å². The van der Waals surface area contributed by atoms with Crippen LogP contribution < -0.4 is 15.4 Å². The normalized spacial score (nSPS) is 21.9. The van der Waals surface area contributed by atoms with Crippen molar-refractivity contribution in [2.45, 2.75) is 38.1 Å². The molecule has 0 bridgehead atoms. The van der Waals surface area contributed by atoms with Crippen LogP contribution >= 0.6 is 0 Å². The van der Waals surface area contributed by atoms with Crippen molar-refractivity contribution in [1.29, 1.82) is 0 Å². The first-order valence-corrected chi connectivity index (χ1v) is 11.0. The molecule has 1 atom stereocenters. The van der Waals surface area contributed by atoms with E-state index in [1.165, 1.54) is 0 Å². The lowest BCUT2D eigenvalue weighted by Gasteiger charge is -2.27. The van der Waals surface area contributed by atoms with E-state index in [9.17, 15) is 19.2 Å². The third-order valence-electron chi connectivity index (χ3n) is 6.02. The van der Waals surface area contributed by atoms with Crippen molar-refractivity contribution >= 4 is 23.6 Å². The zero-order valence-electron chi connectivity index (χ0n) is 17.5. The van der Waals surface area contributed by atoms with Crippen LogP contribution in [0.5, 0.6) is 5.75 Å². The Kier molecular flexibility index (Phi) is 6.62. The summed E-state index contributed by atoms with van der Waals surface area (Å²) in [7, 11) is 0. The van der Waals surface area contributed by atoms with E-state index in [0.29, 0.717) is 12.4 Å². The minimum absolute atomic E-state index is 0.0983. The number of hydrogen-bond acceptors (Lipinski definition) is 7. The van der Waals surface area contributed by atoms with Crippen molar-refractivity contribution in [1.82, 2.24) is 20.4 Å². The van der Waals surface area contributed by atoms with Crippen molar-refractivity contribution in [2.24, 2.45) is 0 Å². The number of carbonyl (C=O) groups excluding carboxylic acids is 4. The number of benzene rings is 1. The summed E-state index contributed by atoms with van der Waals surface area (Å²) in [6.45, 7) is 5.81. The van der Waals surface area contributed by atoms with E-state index in [0.717, 1.165) is 56.9 Å². The summed E-state index contributed by atoms with van der Waals surface area (Å²) in [6, 6.07) is 3.96. The molecule has 4 amide bonds. The number of amides is 4. The maximum absolute atomic E-state index is 13.0. The van der Waals surface area contributed by atoms with Gasteiger partial charge in [0.25, 0.3) is 11.8 Å². The summed E-state index contributed by atoms with van der Waals surface area (Å²) in [5.41, 5.74) is 0.448. The van der Waals surface area contributed by atoms with Crippen molar-refractivity contribution in [3.63, 3.8) is 0 Å². The van der Waals surface area contributed by atoms with E-state index >= 15 is 0 Å². The minimum atomic E-state index is -0.970. The second kappa shape index (κ2) is 9.57. The van der Waals surface area contributed by atoms with Crippen molar-refractivity contribution in [3.05, 3.63) is 29.3 Å². The predicted octanol–water partition coefficient (Wildman–Crippen LogP) is 0.542. The maximum atomic E-state index is 13.0. The molecule has 0 saturated carbocycles. The fourth-order valence-electron chi connectivity index (χ4n) is 4.34. The predicted molar refractivity (Wildman–Crippen MR) is 112 cm³/mol. The van der Waals surface area contributed by atoms with Crippen molar-refractivity contribution < 1.29 is 23.9 Å². The molecule has 9 heteroatoms. The molecule has 9 nitrogen and oxygen atoms in total. The van der Waals surface area contributed by atoms with Crippen LogP contribution in [0.3, 0.4) is 0 Å². The van der Waals surface area contributed by atoms with Crippen molar-refractivity contribution in [2.75, 3.05) is 39.3 Å². The first kappa shape index (κ1) is 21.5. The maximum Gasteiger partial charge on any atom is 0.266 e. The molecule has 3 aliphatic heterocycles. The lowest BCUT2D eigenvalue weighted by Crippen LogP contribution is -2.54. The van der Waals surface area contributed by atoms with Gasteiger partial charge in [-0.2, -0.15) is 0 Å². The summed E-state index contributed by atoms with van der Waals surface area (Å²) in [6.07, 6.45) is 3.21. The van der Waals surface area contributed by atoms with Gasteiger partial charge < -0.3 is 15.0 Å². The Hall–Kier alpha value is -2.78. The quantitative estimate of drug-likeness (QED) is 0.460. The Morgan fingerprint density at radius 1 is 1.00 bits per heavy atom. The van der Waals surface area contributed by atoms with E-state index in [-0.39, 0.29) is 29.9 Å². The zero-order chi connectivity index (χ0) is 21.8. The number of rotatable bonds is 8. The van der Waals surface area contributed by atoms with E-state index in [1.54, 1.807) is 18.2 Å². The fourth-order valence-corrected chi connectivity index (χ4v) is 4.34. The van der Waals surface area contributed by atoms with Crippen molar-refractivity contribution in [3.8, 4) is 5.75 Å². The van der Waals surface area contributed by atoms with Gasteiger partial charge in [0.2, 0.25) is 11.8 Å². The van der Waals surface area contributed by atoms with Gasteiger partial charge >= 0.3 is 0 Å². The molecule has 1 aromatic carbocycles. The lowest BCUT2D eigenvalue weighted by molar-refractivity contribution is -0.136. The molecule has 2 fully saturated rings. The number of fused-ring (bicyclic) bond motifs is 1. The van der Waals surface area contributed by atoms with Gasteiger partial charge in [0.1, 0.15) is 11.8 Å². The average Bonchev–Trinajstić information content (AvgIpc) is 3.02. The van der Waals surface area contributed by atoms with Gasteiger partial charge in [0.15, 0.2) is 0 Å². The molecule has 0 spiro atoms. The smallest absolute Gasteiger partial charge is 0.266 e. The summed E-state index contributed by atoms with van der Waals surface area (Å²) in [4.78, 5) is 52.9. The summed E-state index contributed by atoms with van der Waals surface area (Å²) in [5.74, 6) is -1.69. The highest BCUT2D eigenvalue weighted by Crippen LogP contribution is 2.33. The number of imide groups is 2.